The summed E-state index contributed by atoms with van der Waals surface area (Å²) in [6.45, 7) is 1.94. The number of rotatable bonds is 4. The minimum atomic E-state index is -2.65. The molecular weight excluding hydrogens is 442 g/mol. The van der Waals surface area contributed by atoms with Gasteiger partial charge in [0.1, 0.15) is 17.4 Å². The van der Waals surface area contributed by atoms with Gasteiger partial charge in [0.2, 0.25) is 11.7 Å². The Bertz CT molecular complexity index is 1130. The van der Waals surface area contributed by atoms with Crippen molar-refractivity contribution in [2.75, 3.05) is 14.1 Å². The summed E-state index contributed by atoms with van der Waals surface area (Å²) in [5.41, 5.74) is 10.3. The van der Waals surface area contributed by atoms with E-state index in [0.29, 0.717) is 17.5 Å². The largest absolute Gasteiger partial charge is 0.507 e. The Kier molecular flexibility index (Phi) is 5.84. The number of carbonyl (C=O) groups is 3. The highest BCUT2D eigenvalue weighted by Gasteiger charge is 2.67. The number of primary amides is 1. The first kappa shape index (κ1) is 24.3. The number of phenols is 1. The van der Waals surface area contributed by atoms with Gasteiger partial charge in [-0.05, 0) is 50.4 Å². The number of aromatic hydroxyl groups is 1. The number of hydrogen-bond donors (Lipinski definition) is 6. The van der Waals surface area contributed by atoms with E-state index in [1.165, 1.54) is 0 Å². The van der Waals surface area contributed by atoms with Crippen molar-refractivity contribution in [3.8, 4) is 5.75 Å². The highest BCUT2D eigenvalue weighted by Crippen LogP contribution is 2.52. The van der Waals surface area contributed by atoms with Gasteiger partial charge < -0.3 is 36.8 Å². The van der Waals surface area contributed by atoms with Gasteiger partial charge >= 0.3 is 0 Å². The molecule has 6 atom stereocenters. The molecule has 0 spiro atoms. The van der Waals surface area contributed by atoms with Crippen LogP contribution in [0.15, 0.2) is 11.6 Å². The monoisotopic (exact) mass is 473 g/mol. The molecule has 0 radical (unpaired) electrons. The molecule has 1 aromatic carbocycles. The molecular formula is C24H31N3O7. The van der Waals surface area contributed by atoms with Crippen LogP contribution >= 0.6 is 0 Å². The molecule has 3 aliphatic carbocycles. The van der Waals surface area contributed by atoms with Gasteiger partial charge in [0.15, 0.2) is 11.4 Å². The van der Waals surface area contributed by atoms with Crippen molar-refractivity contribution in [1.82, 2.24) is 4.90 Å². The first-order valence-electron chi connectivity index (χ1n) is 11.4. The van der Waals surface area contributed by atoms with Crippen LogP contribution in [0.3, 0.4) is 0 Å². The molecule has 1 amide bonds. The van der Waals surface area contributed by atoms with Crippen molar-refractivity contribution in [1.29, 1.82) is 0 Å². The standard InChI is InChI=1S/C24H31N3O7/c1-4-9-5-11(8-25)18(28)15-12(9)6-10-7-13-17(27(2)3)20(30)16(23(26)33)22(32)24(13,34)21(31)14(10)19(15)29/h5,10,13,16-17,20,28-30,34H,4,6-8,25H2,1-3H3,(H2,26,33)/t10-,13-,16?,17-,20?,24-/m1/s1. The Morgan fingerprint density at radius 2 is 1.88 bits per heavy atom. The van der Waals surface area contributed by atoms with E-state index < -0.39 is 58.7 Å². The fourth-order valence-electron chi connectivity index (χ4n) is 6.28. The number of aliphatic hydroxyl groups is 3. The van der Waals surface area contributed by atoms with Crippen LogP contribution in [0.5, 0.6) is 5.75 Å². The fourth-order valence-corrected chi connectivity index (χ4v) is 6.28. The first-order chi connectivity index (χ1) is 15.9. The van der Waals surface area contributed by atoms with Gasteiger partial charge in [-0.2, -0.15) is 0 Å². The van der Waals surface area contributed by atoms with E-state index in [1.807, 2.05) is 6.92 Å². The van der Waals surface area contributed by atoms with Gasteiger partial charge in [-0.15, -0.1) is 0 Å². The average Bonchev–Trinajstić information content (AvgIpc) is 2.76. The van der Waals surface area contributed by atoms with Crippen molar-refractivity contribution in [3.63, 3.8) is 0 Å². The predicted octanol–water partition coefficient (Wildman–Crippen LogP) is -0.850. The molecule has 2 saturated carbocycles. The van der Waals surface area contributed by atoms with E-state index in [-0.39, 0.29) is 36.3 Å². The maximum atomic E-state index is 13.8. The van der Waals surface area contributed by atoms with Crippen LogP contribution in [0.4, 0.5) is 0 Å². The highest BCUT2D eigenvalue weighted by atomic mass is 16.3. The molecule has 10 nitrogen and oxygen atoms in total. The number of hydrogen-bond acceptors (Lipinski definition) is 9. The van der Waals surface area contributed by atoms with Gasteiger partial charge in [0.05, 0.1) is 11.7 Å². The summed E-state index contributed by atoms with van der Waals surface area (Å²) in [7, 11) is 3.24. The number of fused-ring (bicyclic) bond motifs is 3. The van der Waals surface area contributed by atoms with Crippen LogP contribution in [-0.4, -0.2) is 74.6 Å². The minimum absolute atomic E-state index is 0.0132. The van der Waals surface area contributed by atoms with E-state index in [0.717, 1.165) is 5.56 Å². The Morgan fingerprint density at radius 1 is 1.24 bits per heavy atom. The normalized spacial score (nSPS) is 33.0. The molecule has 1 aromatic rings. The molecule has 0 saturated heterocycles. The van der Waals surface area contributed by atoms with Crippen LogP contribution in [0.2, 0.25) is 0 Å². The number of nitrogens with zero attached hydrogens (tertiary/aromatic N) is 1. The third-order valence-electron chi connectivity index (χ3n) is 7.86. The second-order valence-corrected chi connectivity index (χ2v) is 9.74. The van der Waals surface area contributed by atoms with Crippen molar-refractivity contribution in [2.24, 2.45) is 29.2 Å². The van der Waals surface area contributed by atoms with Crippen LogP contribution in [0.1, 0.15) is 35.6 Å². The summed E-state index contributed by atoms with van der Waals surface area (Å²) in [5.74, 6) is -7.45. The van der Waals surface area contributed by atoms with E-state index in [1.54, 1.807) is 25.1 Å². The molecule has 0 aromatic heterocycles. The number of nitrogens with two attached hydrogens (primary N) is 2. The topological polar surface area (TPSA) is 187 Å². The maximum Gasteiger partial charge on any atom is 0.230 e. The van der Waals surface area contributed by atoms with E-state index in [2.05, 4.69) is 0 Å². The average molecular weight is 474 g/mol. The van der Waals surface area contributed by atoms with Gasteiger partial charge in [0, 0.05) is 29.6 Å². The molecule has 184 valence electrons. The summed E-state index contributed by atoms with van der Waals surface area (Å²) < 4.78 is 0. The lowest BCUT2D eigenvalue weighted by atomic mass is 9.54. The van der Waals surface area contributed by atoms with Gasteiger partial charge in [0.25, 0.3) is 0 Å². The zero-order valence-corrected chi connectivity index (χ0v) is 19.4. The maximum absolute atomic E-state index is 13.8. The number of aryl methyl sites for hydroxylation is 1. The molecule has 10 heteroatoms. The SMILES string of the molecule is CCc1cc(CN)c(O)c2c1C[C@@H]1C[C@@H]3[C@@H](N(C)C)C(O)C(C(N)=O)C(=O)[C@]3(O)C(=O)C1=C2O. The van der Waals surface area contributed by atoms with E-state index in [4.69, 9.17) is 11.5 Å². The van der Waals surface area contributed by atoms with Gasteiger partial charge in [-0.1, -0.05) is 13.0 Å². The van der Waals surface area contributed by atoms with Crippen LogP contribution in [-0.2, 0) is 33.8 Å². The summed E-state index contributed by atoms with van der Waals surface area (Å²) in [6, 6.07) is 0.870. The number of Topliss-reactive ketones (excluding diaryl/α,β-unsaturated/α-hetero) is 2. The number of carbonyl (C=O) groups excluding carboxylic acids is 3. The summed E-state index contributed by atoms with van der Waals surface area (Å²) in [6.07, 6.45) is -0.515. The van der Waals surface area contributed by atoms with Crippen LogP contribution in [0, 0.1) is 17.8 Å². The summed E-state index contributed by atoms with van der Waals surface area (Å²) in [4.78, 5) is 40.7. The Morgan fingerprint density at radius 3 is 2.41 bits per heavy atom. The Hall–Kier alpha value is -2.79. The van der Waals surface area contributed by atoms with Gasteiger partial charge in [-0.25, -0.2) is 0 Å². The fraction of sp³-hybridized carbons (Fsp3) is 0.542. The van der Waals surface area contributed by atoms with Crippen molar-refractivity contribution in [3.05, 3.63) is 33.9 Å². The number of ketones is 2. The zero-order chi connectivity index (χ0) is 25.3. The lowest BCUT2D eigenvalue weighted by Gasteiger charge is -2.53. The summed E-state index contributed by atoms with van der Waals surface area (Å²) >= 11 is 0. The molecule has 2 fully saturated rings. The molecule has 2 unspecified atom stereocenters. The molecule has 0 heterocycles. The van der Waals surface area contributed by atoms with Gasteiger partial charge in [-0.3, -0.25) is 14.4 Å². The Labute approximate surface area is 196 Å². The zero-order valence-electron chi connectivity index (χ0n) is 19.4. The molecule has 3 aliphatic rings. The van der Waals surface area contributed by atoms with E-state index >= 15 is 0 Å². The smallest absolute Gasteiger partial charge is 0.230 e. The number of amides is 1. The number of benzene rings is 1. The van der Waals surface area contributed by atoms with Crippen molar-refractivity contribution >= 4 is 23.2 Å². The number of likely N-dealkylation sites (N-methyl/N-ethyl adjacent to an activating group) is 1. The third-order valence-corrected chi connectivity index (χ3v) is 7.86. The van der Waals surface area contributed by atoms with Crippen LogP contribution in [0.25, 0.3) is 5.76 Å². The number of aliphatic hydroxyl groups excluding tert-OH is 2. The van der Waals surface area contributed by atoms with Crippen LogP contribution < -0.4 is 11.5 Å². The molecule has 0 aliphatic heterocycles. The third kappa shape index (κ3) is 3.06. The molecule has 4 rings (SSSR count). The lowest BCUT2D eigenvalue weighted by Crippen LogP contribution is -2.73. The van der Waals surface area contributed by atoms with Crippen molar-refractivity contribution in [2.45, 2.75) is 50.5 Å². The molecule has 8 N–H and O–H groups in total. The molecule has 0 bridgehead atoms. The van der Waals surface area contributed by atoms with Crippen molar-refractivity contribution < 1.29 is 34.8 Å². The number of phenolic OH excluding ortho intramolecular Hbond substituents is 1. The lowest BCUT2D eigenvalue weighted by molar-refractivity contribution is -0.184. The highest BCUT2D eigenvalue weighted by molar-refractivity contribution is 6.25. The minimum Gasteiger partial charge on any atom is -0.507 e. The predicted molar refractivity (Wildman–Crippen MR) is 121 cm³/mol. The second kappa shape index (κ2) is 8.16. The second-order valence-electron chi connectivity index (χ2n) is 9.74. The molecule has 34 heavy (non-hydrogen) atoms. The Balaban J connectivity index is 1.95. The summed E-state index contributed by atoms with van der Waals surface area (Å²) in [5, 5.41) is 44.5. The first-order valence-corrected chi connectivity index (χ1v) is 11.4. The van der Waals surface area contributed by atoms with E-state index in [9.17, 15) is 34.8 Å². The quantitative estimate of drug-likeness (QED) is 0.303.